The summed E-state index contributed by atoms with van der Waals surface area (Å²) in [7, 11) is 0. The second-order valence-corrected chi connectivity index (χ2v) is 10.5. The number of carbonyl (C=O) groups is 3. The molecule has 0 bridgehead atoms. The number of piperidine rings is 2. The fourth-order valence-corrected chi connectivity index (χ4v) is 5.39. The molecule has 6 nitrogen and oxygen atoms in total. The highest BCUT2D eigenvalue weighted by Gasteiger charge is 2.37. The van der Waals surface area contributed by atoms with Crippen LogP contribution < -0.4 is 5.32 Å². The van der Waals surface area contributed by atoms with E-state index >= 15 is 0 Å². The van der Waals surface area contributed by atoms with Gasteiger partial charge in [0.25, 0.3) is 5.91 Å². The Balaban J connectivity index is 1.51. The van der Waals surface area contributed by atoms with Crippen LogP contribution in [0, 0.1) is 5.92 Å². The molecule has 2 fully saturated rings. The van der Waals surface area contributed by atoms with Crippen molar-refractivity contribution in [1.82, 2.24) is 15.1 Å². The largest absolute Gasteiger partial charge is 0.349 e. The van der Waals surface area contributed by atoms with Crippen LogP contribution in [0.5, 0.6) is 0 Å². The Morgan fingerprint density at radius 3 is 2.14 bits per heavy atom. The molecule has 2 aliphatic rings. The van der Waals surface area contributed by atoms with Gasteiger partial charge in [-0.3, -0.25) is 14.4 Å². The van der Waals surface area contributed by atoms with Gasteiger partial charge in [-0.25, -0.2) is 0 Å². The van der Waals surface area contributed by atoms with Crippen molar-refractivity contribution in [3.63, 3.8) is 0 Å². The van der Waals surface area contributed by atoms with Gasteiger partial charge in [0, 0.05) is 61.6 Å². The Bertz CT molecular complexity index is 1100. The first-order valence-corrected chi connectivity index (χ1v) is 12.9. The van der Waals surface area contributed by atoms with Gasteiger partial charge in [-0.2, -0.15) is 0 Å². The zero-order valence-electron chi connectivity index (χ0n) is 19.5. The van der Waals surface area contributed by atoms with Gasteiger partial charge in [0.2, 0.25) is 11.8 Å². The number of halogens is 3. The van der Waals surface area contributed by atoms with Gasteiger partial charge < -0.3 is 15.1 Å². The number of amides is 3. The van der Waals surface area contributed by atoms with Crippen LogP contribution in [0.1, 0.15) is 48.0 Å². The van der Waals surface area contributed by atoms with Crippen LogP contribution in [0.15, 0.2) is 42.5 Å². The van der Waals surface area contributed by atoms with Crippen molar-refractivity contribution in [1.29, 1.82) is 0 Å². The summed E-state index contributed by atoms with van der Waals surface area (Å²) in [5.74, 6) is -0.266. The van der Waals surface area contributed by atoms with E-state index < -0.39 is 0 Å². The third-order valence-corrected chi connectivity index (χ3v) is 8.00. The topological polar surface area (TPSA) is 69.7 Å². The van der Waals surface area contributed by atoms with E-state index in [-0.39, 0.29) is 35.6 Å². The molecule has 0 unspecified atom stereocenters. The molecule has 2 saturated heterocycles. The maximum absolute atomic E-state index is 13.4. The van der Waals surface area contributed by atoms with Gasteiger partial charge in [0.1, 0.15) is 0 Å². The molecule has 2 aromatic rings. The van der Waals surface area contributed by atoms with E-state index in [1.165, 1.54) is 0 Å². The van der Waals surface area contributed by atoms with E-state index in [0.717, 1.165) is 5.56 Å². The van der Waals surface area contributed by atoms with E-state index in [9.17, 15) is 14.4 Å². The minimum absolute atomic E-state index is 0.0489. The highest BCUT2D eigenvalue weighted by molar-refractivity contribution is 6.42. The van der Waals surface area contributed by atoms with Gasteiger partial charge in [0.05, 0.1) is 10.0 Å². The summed E-state index contributed by atoms with van der Waals surface area (Å²) < 4.78 is 0. The molecule has 2 aromatic carbocycles. The van der Waals surface area contributed by atoms with Gasteiger partial charge in [-0.1, -0.05) is 40.9 Å². The first kappa shape index (κ1) is 25.8. The lowest BCUT2D eigenvalue weighted by Gasteiger charge is -2.41. The molecule has 1 N–H and O–H groups in total. The Hall–Kier alpha value is -2.28. The van der Waals surface area contributed by atoms with Gasteiger partial charge in [0.15, 0.2) is 0 Å². The number of likely N-dealkylation sites (tertiary alicyclic amines) is 2. The summed E-state index contributed by atoms with van der Waals surface area (Å²) >= 11 is 18.4. The molecule has 2 aliphatic heterocycles. The zero-order chi connectivity index (χ0) is 25.1. The lowest BCUT2D eigenvalue weighted by molar-refractivity contribution is -0.141. The Morgan fingerprint density at radius 1 is 0.857 bits per heavy atom. The quantitative estimate of drug-likeness (QED) is 0.597. The van der Waals surface area contributed by atoms with Crippen molar-refractivity contribution in [3.8, 4) is 0 Å². The fourth-order valence-electron chi connectivity index (χ4n) is 4.96. The summed E-state index contributed by atoms with van der Waals surface area (Å²) in [5.41, 5.74) is 1.45. The summed E-state index contributed by atoms with van der Waals surface area (Å²) in [5, 5.41) is 4.61. The van der Waals surface area contributed by atoms with Crippen molar-refractivity contribution < 1.29 is 14.4 Å². The van der Waals surface area contributed by atoms with E-state index in [1.807, 2.05) is 17.0 Å². The van der Waals surface area contributed by atoms with E-state index in [1.54, 1.807) is 42.2 Å². The molecular formula is C26H28Cl3N3O3. The van der Waals surface area contributed by atoms with E-state index in [4.69, 9.17) is 34.8 Å². The van der Waals surface area contributed by atoms with Crippen molar-refractivity contribution >= 4 is 52.5 Å². The normalized spacial score (nSPS) is 21.0. The maximum atomic E-state index is 13.4. The zero-order valence-corrected chi connectivity index (χ0v) is 21.7. The predicted octanol–water partition coefficient (Wildman–Crippen LogP) is 5.02. The molecule has 3 amide bonds. The monoisotopic (exact) mass is 535 g/mol. The molecule has 0 aromatic heterocycles. The SMILES string of the molecule is CC(=O)N1CCC(C(=O)N2CC[C@@H](NC(=O)c3ccc(Cl)cc3)[C@H](c3ccc(Cl)c(Cl)c3)C2)CC1. The molecule has 9 heteroatoms. The van der Waals surface area contributed by atoms with Gasteiger partial charge in [-0.15, -0.1) is 0 Å². The highest BCUT2D eigenvalue weighted by Crippen LogP contribution is 2.33. The molecular weight excluding hydrogens is 509 g/mol. The summed E-state index contributed by atoms with van der Waals surface area (Å²) in [4.78, 5) is 41.7. The van der Waals surface area contributed by atoms with Crippen LogP contribution in [-0.4, -0.2) is 59.7 Å². The predicted molar refractivity (Wildman–Crippen MR) is 138 cm³/mol. The van der Waals surface area contributed by atoms with E-state index in [2.05, 4.69) is 5.32 Å². The van der Waals surface area contributed by atoms with Crippen LogP contribution in [0.25, 0.3) is 0 Å². The lowest BCUT2D eigenvalue weighted by Crippen LogP contribution is -2.53. The van der Waals surface area contributed by atoms with Crippen LogP contribution in [0.2, 0.25) is 15.1 Å². The minimum atomic E-state index is -0.187. The first-order valence-electron chi connectivity index (χ1n) is 11.8. The number of nitrogens with one attached hydrogen (secondary N) is 1. The van der Waals surface area contributed by atoms with Crippen LogP contribution in [-0.2, 0) is 9.59 Å². The second-order valence-electron chi connectivity index (χ2n) is 9.22. The summed E-state index contributed by atoms with van der Waals surface area (Å²) in [6.45, 7) is 3.79. The third-order valence-electron chi connectivity index (χ3n) is 7.01. The molecule has 186 valence electrons. The second kappa shape index (κ2) is 11.2. The molecule has 2 heterocycles. The van der Waals surface area contributed by atoms with Gasteiger partial charge >= 0.3 is 0 Å². The van der Waals surface area contributed by atoms with Gasteiger partial charge in [-0.05, 0) is 61.2 Å². The lowest BCUT2D eigenvalue weighted by atomic mass is 9.84. The molecule has 35 heavy (non-hydrogen) atoms. The number of carbonyl (C=O) groups excluding carboxylic acids is 3. The summed E-state index contributed by atoms with van der Waals surface area (Å²) in [6, 6.07) is 12.0. The molecule has 0 saturated carbocycles. The third kappa shape index (κ3) is 6.11. The molecule has 0 aliphatic carbocycles. The Morgan fingerprint density at radius 2 is 1.51 bits per heavy atom. The van der Waals surface area contributed by atoms with Crippen molar-refractivity contribution in [2.75, 3.05) is 26.2 Å². The molecule has 4 rings (SSSR count). The number of hydrogen-bond acceptors (Lipinski definition) is 3. The average molecular weight is 537 g/mol. The Kier molecular flexibility index (Phi) is 8.25. The van der Waals surface area contributed by atoms with Crippen molar-refractivity contribution in [2.24, 2.45) is 5.92 Å². The van der Waals surface area contributed by atoms with E-state index in [0.29, 0.717) is 66.1 Å². The standard InChI is InChI=1S/C26H28Cl3N3O3/c1-16(33)31-11-8-18(9-12-31)26(35)32-13-10-24(30-25(34)17-2-5-20(27)6-3-17)21(15-32)19-4-7-22(28)23(29)14-19/h2-7,14,18,21,24H,8-13,15H2,1H3,(H,30,34)/t21-,24+/m0/s1. The van der Waals surface area contributed by atoms with Crippen LogP contribution in [0.3, 0.4) is 0 Å². The van der Waals surface area contributed by atoms with Crippen LogP contribution in [0.4, 0.5) is 0 Å². The smallest absolute Gasteiger partial charge is 0.251 e. The number of hydrogen-bond donors (Lipinski definition) is 1. The highest BCUT2D eigenvalue weighted by atomic mass is 35.5. The fraction of sp³-hybridized carbons (Fsp3) is 0.423. The average Bonchev–Trinajstić information content (AvgIpc) is 2.86. The Labute approximate surface area is 220 Å². The maximum Gasteiger partial charge on any atom is 0.251 e. The number of nitrogens with zero attached hydrogens (tertiary/aromatic N) is 2. The summed E-state index contributed by atoms with van der Waals surface area (Å²) in [6.07, 6.45) is 1.95. The van der Waals surface area contributed by atoms with Crippen LogP contribution >= 0.6 is 34.8 Å². The minimum Gasteiger partial charge on any atom is -0.349 e. The number of rotatable bonds is 4. The van der Waals surface area contributed by atoms with Crippen molar-refractivity contribution in [3.05, 3.63) is 68.7 Å². The molecule has 0 spiro atoms. The first-order chi connectivity index (χ1) is 16.7. The number of benzene rings is 2. The van der Waals surface area contributed by atoms with Crippen molar-refractivity contribution in [2.45, 2.75) is 38.1 Å². The molecule has 0 radical (unpaired) electrons. The molecule has 2 atom stereocenters.